The van der Waals surface area contributed by atoms with E-state index in [2.05, 4.69) is 62.3 Å². The largest absolute Gasteiger partial charge is 0.344 e. The summed E-state index contributed by atoms with van der Waals surface area (Å²) in [7, 11) is 0. The molecule has 25 heavy (non-hydrogen) atoms. The fourth-order valence-corrected chi connectivity index (χ4v) is 1.43. The first kappa shape index (κ1) is 40.7. The third kappa shape index (κ3) is 131. The van der Waals surface area contributed by atoms with Crippen molar-refractivity contribution >= 4 is 0 Å². The molecule has 0 aromatic heterocycles. The monoisotopic (exact) mass is 433 g/mol. The van der Waals surface area contributed by atoms with Gasteiger partial charge in [-0.15, -0.1) is 0 Å². The molecule has 0 rings (SSSR count). The minimum absolute atomic E-state index is 0. The van der Waals surface area contributed by atoms with Gasteiger partial charge in [0.05, 0.1) is 0 Å². The third-order valence-electron chi connectivity index (χ3n) is 2.77. The van der Waals surface area contributed by atoms with Crippen LogP contribution in [0, 0.1) is 13.8 Å². The first-order valence-corrected chi connectivity index (χ1v) is 11.2. The summed E-state index contributed by atoms with van der Waals surface area (Å²) < 4.78 is 0. The summed E-state index contributed by atoms with van der Waals surface area (Å²) in [5.41, 5.74) is 0. The molecule has 1 heteroatoms. The quantitative estimate of drug-likeness (QED) is 0.250. The number of hydrogen-bond donors (Lipinski definition) is 0. The predicted octanol–water partition coefficient (Wildman–Crippen LogP) is 10.2. The zero-order chi connectivity index (χ0) is 19.9. The van der Waals surface area contributed by atoms with Crippen molar-refractivity contribution in [2.75, 3.05) is 0 Å². The van der Waals surface area contributed by atoms with Crippen LogP contribution in [-0.4, -0.2) is 0 Å². The number of hydrogen-bond acceptors (Lipinski definition) is 0. The molecule has 1 radical (unpaired) electrons. The van der Waals surface area contributed by atoms with Crippen LogP contribution in [0.3, 0.4) is 0 Å². The fraction of sp³-hybridized carbons (Fsp3) is 0.917. The Bertz CT molecular complexity index is 79.6. The maximum absolute atomic E-state index is 3.72. The second kappa shape index (κ2) is 63.9. The van der Waals surface area contributed by atoms with Gasteiger partial charge in [-0.2, -0.15) is 12.8 Å². The first-order valence-electron chi connectivity index (χ1n) is 11.2. The van der Waals surface area contributed by atoms with E-state index < -0.39 is 0 Å². The number of unbranched alkanes of at least 4 members (excludes halogenated alkanes) is 9. The Morgan fingerprint density at radius 3 is 0.680 bits per heavy atom. The fourth-order valence-electron chi connectivity index (χ4n) is 1.43. The van der Waals surface area contributed by atoms with Gasteiger partial charge in [-0.1, -0.05) is 132 Å². The van der Waals surface area contributed by atoms with E-state index in [4.69, 9.17) is 0 Å². The molecule has 0 aliphatic rings. The van der Waals surface area contributed by atoms with Crippen molar-refractivity contribution in [3.05, 3.63) is 13.8 Å². The smallest absolute Gasteiger partial charge is 0 e. The van der Waals surface area contributed by atoms with E-state index in [0.717, 1.165) is 12.8 Å². The topological polar surface area (TPSA) is 0 Å². The normalized spacial score (nSPS) is 7.92. The average Bonchev–Trinajstić information content (AvgIpc) is 2.59. The van der Waals surface area contributed by atoms with Crippen molar-refractivity contribution in [3.63, 3.8) is 0 Å². The van der Waals surface area contributed by atoms with Crippen LogP contribution in [0.2, 0.25) is 0 Å². The van der Waals surface area contributed by atoms with Gasteiger partial charge in [0, 0.05) is 32.7 Å². The summed E-state index contributed by atoms with van der Waals surface area (Å²) >= 11 is 0. The van der Waals surface area contributed by atoms with Crippen molar-refractivity contribution in [1.82, 2.24) is 0 Å². The van der Waals surface area contributed by atoms with Crippen LogP contribution in [0.1, 0.15) is 145 Å². The van der Waals surface area contributed by atoms with E-state index >= 15 is 0 Å². The molecular weight excluding hydrogens is 377 g/mol. The Morgan fingerprint density at radius 2 is 0.600 bits per heavy atom. The van der Waals surface area contributed by atoms with Gasteiger partial charge in [0.25, 0.3) is 0 Å². The molecule has 0 saturated heterocycles. The van der Waals surface area contributed by atoms with Gasteiger partial charge in [0.2, 0.25) is 0 Å². The van der Waals surface area contributed by atoms with E-state index in [9.17, 15) is 0 Å². The number of rotatable bonds is 9. The Balaban J connectivity index is -0.0000000461. The summed E-state index contributed by atoms with van der Waals surface area (Å²) in [6.07, 6.45) is 18.4. The molecule has 0 atom stereocenters. The Kier molecular flexibility index (Phi) is 104. The summed E-state index contributed by atoms with van der Waals surface area (Å²) in [6.45, 7) is 24.6. The molecule has 0 aliphatic carbocycles. The van der Waals surface area contributed by atoms with Crippen molar-refractivity contribution in [2.45, 2.75) is 145 Å². The van der Waals surface area contributed by atoms with Crippen molar-refractivity contribution < 1.29 is 32.7 Å². The molecule has 0 saturated carbocycles. The molecule has 0 fully saturated rings. The zero-order valence-corrected chi connectivity index (χ0v) is 22.7. The van der Waals surface area contributed by atoms with Crippen molar-refractivity contribution in [2.24, 2.45) is 0 Å². The van der Waals surface area contributed by atoms with Crippen molar-refractivity contribution in [1.29, 1.82) is 0 Å². The van der Waals surface area contributed by atoms with E-state index in [0.29, 0.717) is 0 Å². The van der Waals surface area contributed by atoms with E-state index in [1.165, 1.54) is 77.0 Å². The molecule has 0 N–H and O–H groups in total. The van der Waals surface area contributed by atoms with Crippen LogP contribution in [0.4, 0.5) is 0 Å². The van der Waals surface area contributed by atoms with E-state index in [-0.39, 0.29) is 32.7 Å². The molecule has 0 spiro atoms. The van der Waals surface area contributed by atoms with Gasteiger partial charge >= 0.3 is 0 Å². The van der Waals surface area contributed by atoms with Gasteiger partial charge in [0.15, 0.2) is 0 Å². The average molecular weight is 434 g/mol. The molecule has 0 aromatic rings. The maximum atomic E-state index is 3.72. The summed E-state index contributed by atoms with van der Waals surface area (Å²) in [6, 6.07) is 0. The van der Waals surface area contributed by atoms with Crippen LogP contribution < -0.4 is 0 Å². The predicted molar refractivity (Wildman–Crippen MR) is 121 cm³/mol. The summed E-state index contributed by atoms with van der Waals surface area (Å²) in [5, 5.41) is 0. The van der Waals surface area contributed by atoms with Crippen LogP contribution >= 0.6 is 0 Å². The van der Waals surface area contributed by atoms with Gasteiger partial charge in [-0.05, 0) is 0 Å². The molecule has 0 aliphatic heterocycles. The van der Waals surface area contributed by atoms with Gasteiger partial charge < -0.3 is 13.8 Å². The van der Waals surface area contributed by atoms with Gasteiger partial charge in [0.1, 0.15) is 0 Å². The first-order chi connectivity index (χ1) is 11.6. The van der Waals surface area contributed by atoms with Crippen LogP contribution in [0.5, 0.6) is 0 Å². The third-order valence-corrected chi connectivity index (χ3v) is 2.77. The van der Waals surface area contributed by atoms with Crippen LogP contribution in [-0.2, 0) is 32.7 Å². The Morgan fingerprint density at radius 1 is 0.440 bits per heavy atom. The molecule has 0 heterocycles. The standard InChI is InChI=1S/2C6H14.C6H13.C3H8.C3H7.Y/c3*1-3-5-6-4-2;2*1-3-2;/h2*3-6H2,1-2H3;1,3-6H2,2H3;3H2,1-2H3;1,3H2,2H3;/q;;-1;;-1;. The SMILES string of the molecule is CCC.CCCCCC.CCCCCC.[CH2-]CC.[CH2-]CCCCC.[Y]. The molecule has 0 bridgehead atoms. The molecule has 0 amide bonds. The van der Waals surface area contributed by atoms with Crippen molar-refractivity contribution in [3.8, 4) is 0 Å². The molecule has 0 nitrogen and oxygen atoms in total. The summed E-state index contributed by atoms with van der Waals surface area (Å²) in [4.78, 5) is 0. The van der Waals surface area contributed by atoms with E-state index in [1.807, 2.05) is 6.92 Å². The second-order valence-corrected chi connectivity index (χ2v) is 6.18. The molecular formula is C24H56Y-2. The zero-order valence-electron chi connectivity index (χ0n) is 19.9. The van der Waals surface area contributed by atoms with Gasteiger partial charge in [-0.3, -0.25) is 0 Å². The maximum Gasteiger partial charge on any atom is 0 e. The van der Waals surface area contributed by atoms with Crippen LogP contribution in [0.25, 0.3) is 0 Å². The molecule has 157 valence electrons. The summed E-state index contributed by atoms with van der Waals surface area (Å²) in [5.74, 6) is 0. The second-order valence-electron chi connectivity index (χ2n) is 6.18. The van der Waals surface area contributed by atoms with E-state index in [1.54, 1.807) is 0 Å². The minimum atomic E-state index is 0. The Hall–Kier alpha value is 1.10. The van der Waals surface area contributed by atoms with Gasteiger partial charge in [-0.25, -0.2) is 0 Å². The molecule has 0 aromatic carbocycles. The Labute approximate surface area is 191 Å². The van der Waals surface area contributed by atoms with Crippen LogP contribution in [0.15, 0.2) is 0 Å². The minimum Gasteiger partial charge on any atom is -0.344 e. The molecule has 0 unspecified atom stereocenters.